The van der Waals surface area contributed by atoms with E-state index in [1.54, 1.807) is 7.11 Å². The summed E-state index contributed by atoms with van der Waals surface area (Å²) in [5.41, 5.74) is 0.955. The van der Waals surface area contributed by atoms with Gasteiger partial charge in [-0.1, -0.05) is 31.9 Å². The molecule has 1 aliphatic carbocycles. The molecule has 0 amide bonds. The second kappa shape index (κ2) is 4.89. The van der Waals surface area contributed by atoms with E-state index < -0.39 is 4.32 Å². The summed E-state index contributed by atoms with van der Waals surface area (Å²) in [7, 11) is 1.59. The highest BCUT2D eigenvalue weighted by atomic mass is 79.9. The lowest BCUT2D eigenvalue weighted by Gasteiger charge is -2.44. The van der Waals surface area contributed by atoms with Crippen molar-refractivity contribution in [3.63, 3.8) is 0 Å². The summed E-state index contributed by atoms with van der Waals surface area (Å²) in [6, 6.07) is 3.81. The van der Waals surface area contributed by atoms with E-state index in [0.717, 1.165) is 10.0 Å². The predicted octanol–water partition coefficient (Wildman–Crippen LogP) is 3.25. The van der Waals surface area contributed by atoms with Gasteiger partial charge in [-0.3, -0.25) is 4.79 Å². The molecule has 5 nitrogen and oxygen atoms in total. The van der Waals surface area contributed by atoms with Crippen molar-refractivity contribution >= 4 is 37.8 Å². The number of fused-ring (bicyclic) bond motifs is 3. The summed E-state index contributed by atoms with van der Waals surface area (Å²) in [4.78, 5) is 12.3. The van der Waals surface area contributed by atoms with Crippen molar-refractivity contribution < 1.29 is 23.7 Å². The van der Waals surface area contributed by atoms with E-state index in [1.165, 1.54) is 0 Å². The zero-order valence-electron chi connectivity index (χ0n) is 11.6. The average Bonchev–Trinajstić information content (AvgIpc) is 2.96. The minimum absolute atomic E-state index is 0.0663. The minimum Gasteiger partial charge on any atom is -0.493 e. The number of ether oxygens (including phenoxy) is 4. The number of carbonyl (C=O) groups excluding carboxylic acids is 1. The van der Waals surface area contributed by atoms with E-state index in [9.17, 15) is 4.79 Å². The van der Waals surface area contributed by atoms with Crippen molar-refractivity contribution in [2.24, 2.45) is 0 Å². The van der Waals surface area contributed by atoms with Crippen LogP contribution in [-0.4, -0.2) is 30.3 Å². The number of hydrogen-bond donors (Lipinski definition) is 0. The Labute approximate surface area is 143 Å². The summed E-state index contributed by atoms with van der Waals surface area (Å²) in [5.74, 6) is 1.52. The van der Waals surface area contributed by atoms with Crippen LogP contribution in [0.4, 0.5) is 0 Å². The molecule has 1 saturated heterocycles. The van der Waals surface area contributed by atoms with Crippen LogP contribution in [0.25, 0.3) is 0 Å². The van der Waals surface area contributed by atoms with Crippen LogP contribution >= 0.6 is 31.9 Å². The van der Waals surface area contributed by atoms with Gasteiger partial charge in [-0.25, -0.2) is 0 Å². The molecule has 3 atom stereocenters. The second-order valence-corrected chi connectivity index (χ2v) is 7.66. The zero-order chi connectivity index (χ0) is 15.5. The number of esters is 1. The normalized spacial score (nSPS) is 31.8. The molecule has 2 bridgehead atoms. The van der Waals surface area contributed by atoms with Crippen LogP contribution < -0.4 is 14.2 Å². The van der Waals surface area contributed by atoms with Gasteiger partial charge in [0.25, 0.3) is 0 Å². The van der Waals surface area contributed by atoms with Crippen LogP contribution in [-0.2, 0) is 9.53 Å². The Kier molecular flexibility index (Phi) is 3.20. The quantitative estimate of drug-likeness (QED) is 0.531. The second-order valence-electron chi connectivity index (χ2n) is 5.44. The smallest absolute Gasteiger partial charge is 0.328 e. The van der Waals surface area contributed by atoms with Gasteiger partial charge in [-0.05, 0) is 30.2 Å². The van der Waals surface area contributed by atoms with Crippen LogP contribution in [0.3, 0.4) is 0 Å². The molecule has 3 aliphatic heterocycles. The van der Waals surface area contributed by atoms with E-state index in [1.807, 2.05) is 18.2 Å². The first-order chi connectivity index (χ1) is 10.5. The molecule has 116 valence electrons. The van der Waals surface area contributed by atoms with E-state index in [4.69, 9.17) is 18.9 Å². The first-order valence-electron chi connectivity index (χ1n) is 6.78. The summed E-state index contributed by atoms with van der Waals surface area (Å²) >= 11 is 7.05. The van der Waals surface area contributed by atoms with Crippen molar-refractivity contribution in [1.82, 2.24) is 0 Å². The van der Waals surface area contributed by atoms with Crippen molar-refractivity contribution in [3.8, 4) is 17.2 Å². The van der Waals surface area contributed by atoms with E-state index in [-0.39, 0.29) is 24.8 Å². The summed E-state index contributed by atoms with van der Waals surface area (Å²) in [6.07, 6.45) is 2.33. The van der Waals surface area contributed by atoms with Gasteiger partial charge in [0.1, 0.15) is 10.4 Å². The van der Waals surface area contributed by atoms with E-state index in [0.29, 0.717) is 23.7 Å². The van der Waals surface area contributed by atoms with Gasteiger partial charge in [0, 0.05) is 10.4 Å². The fraction of sp³-hybridized carbons (Fsp3) is 0.400. The lowest BCUT2D eigenvalue weighted by atomic mass is 9.75. The molecule has 1 fully saturated rings. The van der Waals surface area contributed by atoms with E-state index in [2.05, 4.69) is 31.9 Å². The largest absolute Gasteiger partial charge is 0.493 e. The third-order valence-electron chi connectivity index (χ3n) is 4.26. The highest BCUT2D eigenvalue weighted by molar-refractivity contribution is 9.12. The fourth-order valence-electron chi connectivity index (χ4n) is 3.15. The Balaban J connectivity index is 1.82. The summed E-state index contributed by atoms with van der Waals surface area (Å²) in [6.45, 7) is 0.176. The van der Waals surface area contributed by atoms with Gasteiger partial charge in [-0.2, -0.15) is 0 Å². The molecule has 0 aromatic heterocycles. The first kappa shape index (κ1) is 14.4. The highest BCUT2D eigenvalue weighted by Crippen LogP contribution is 2.54. The van der Waals surface area contributed by atoms with Crippen molar-refractivity contribution in [3.05, 3.63) is 28.3 Å². The fourth-order valence-corrected chi connectivity index (χ4v) is 4.89. The number of halogens is 2. The lowest BCUT2D eigenvalue weighted by molar-refractivity contribution is -0.155. The van der Waals surface area contributed by atoms with E-state index >= 15 is 0 Å². The molecular formula is C15H12Br2O5. The number of rotatable bonds is 2. The predicted molar refractivity (Wildman–Crippen MR) is 85.0 cm³/mol. The third kappa shape index (κ3) is 1.91. The Hall–Kier alpha value is -1.21. The van der Waals surface area contributed by atoms with Crippen molar-refractivity contribution in [1.29, 1.82) is 0 Å². The number of hydrogen-bond acceptors (Lipinski definition) is 5. The maximum Gasteiger partial charge on any atom is 0.328 e. The summed E-state index contributed by atoms with van der Waals surface area (Å²) < 4.78 is 21.7. The topological polar surface area (TPSA) is 54.0 Å². The maximum atomic E-state index is 12.3. The van der Waals surface area contributed by atoms with Gasteiger partial charge in [0.2, 0.25) is 12.5 Å². The highest BCUT2D eigenvalue weighted by Gasteiger charge is 2.54. The Morgan fingerprint density at radius 3 is 2.95 bits per heavy atom. The molecule has 3 unspecified atom stereocenters. The monoisotopic (exact) mass is 430 g/mol. The van der Waals surface area contributed by atoms with Gasteiger partial charge < -0.3 is 18.9 Å². The molecule has 1 aromatic carbocycles. The van der Waals surface area contributed by atoms with Crippen LogP contribution in [0.1, 0.15) is 17.9 Å². The number of alkyl halides is 1. The van der Waals surface area contributed by atoms with Gasteiger partial charge in [0.15, 0.2) is 11.5 Å². The molecule has 3 heterocycles. The van der Waals surface area contributed by atoms with Crippen molar-refractivity contribution in [2.45, 2.75) is 22.8 Å². The average molecular weight is 432 g/mol. The van der Waals surface area contributed by atoms with Crippen LogP contribution in [0.2, 0.25) is 0 Å². The molecule has 0 saturated carbocycles. The maximum absolute atomic E-state index is 12.3. The molecule has 0 radical (unpaired) electrons. The zero-order valence-corrected chi connectivity index (χ0v) is 14.8. The number of benzene rings is 1. The Morgan fingerprint density at radius 2 is 2.18 bits per heavy atom. The van der Waals surface area contributed by atoms with Crippen molar-refractivity contribution in [2.75, 3.05) is 13.9 Å². The SMILES string of the molecule is COc1cc(C2CC3OC(=O)C2(Br)C=C3Br)cc2c1OCO2. The molecule has 0 N–H and O–H groups in total. The van der Waals surface area contributed by atoms with Crippen LogP contribution in [0.15, 0.2) is 22.7 Å². The van der Waals surface area contributed by atoms with Gasteiger partial charge >= 0.3 is 5.97 Å². The molecule has 5 rings (SSSR count). The number of methoxy groups -OCH3 is 1. The number of carbonyl (C=O) groups is 1. The molecule has 4 aliphatic rings. The Morgan fingerprint density at radius 1 is 1.36 bits per heavy atom. The first-order valence-corrected chi connectivity index (χ1v) is 8.37. The molecule has 1 aromatic rings. The summed E-state index contributed by atoms with van der Waals surface area (Å²) in [5, 5.41) is 0. The van der Waals surface area contributed by atoms with Gasteiger partial charge in [0.05, 0.1) is 7.11 Å². The van der Waals surface area contributed by atoms with Crippen LogP contribution in [0, 0.1) is 0 Å². The van der Waals surface area contributed by atoms with Crippen LogP contribution in [0.5, 0.6) is 17.2 Å². The van der Waals surface area contributed by atoms with Gasteiger partial charge in [-0.15, -0.1) is 0 Å². The standard InChI is InChI=1S/C15H12Br2O5/c1-19-11-2-7(3-12-13(11)21-6-20-12)8-4-10-9(16)5-15(8,17)14(18)22-10/h2-3,5,8,10H,4,6H2,1H3. The minimum atomic E-state index is -0.876. The molecule has 0 spiro atoms. The molecule has 22 heavy (non-hydrogen) atoms. The third-order valence-corrected chi connectivity index (χ3v) is 6.10. The molecular weight excluding hydrogens is 420 g/mol. The lowest BCUT2D eigenvalue weighted by Crippen LogP contribution is -2.50. The Bertz CT molecular complexity index is 701. The molecule has 7 heteroatoms.